The summed E-state index contributed by atoms with van der Waals surface area (Å²) in [6.45, 7) is 0.683. The maximum atomic E-state index is 10.9. The van der Waals surface area contributed by atoms with Crippen molar-refractivity contribution in [3.63, 3.8) is 0 Å². The van der Waals surface area contributed by atoms with Crippen molar-refractivity contribution >= 4 is 5.78 Å². The first-order valence-electron chi connectivity index (χ1n) is 4.69. The van der Waals surface area contributed by atoms with E-state index in [4.69, 9.17) is 0 Å². The predicted octanol–water partition coefficient (Wildman–Crippen LogP) is 0.757. The lowest BCUT2D eigenvalue weighted by Crippen LogP contribution is -2.14. The van der Waals surface area contributed by atoms with Gasteiger partial charge in [-0.05, 0) is 6.42 Å². The normalized spacial score (nSPS) is 15.8. The quantitative estimate of drug-likeness (QED) is 0.767. The Morgan fingerprint density at radius 3 is 3.00 bits per heavy atom. The van der Waals surface area contributed by atoms with Crippen LogP contribution in [0.2, 0.25) is 0 Å². The van der Waals surface area contributed by atoms with Crippen LogP contribution in [0.15, 0.2) is 24.2 Å². The van der Waals surface area contributed by atoms with Crippen molar-refractivity contribution < 1.29 is 4.79 Å². The molecular formula is C10H13N3O. The fraction of sp³-hybridized carbons (Fsp3) is 0.400. The van der Waals surface area contributed by atoms with E-state index in [1.165, 1.54) is 0 Å². The largest absolute Gasteiger partial charge is 0.381 e. The molecule has 0 aliphatic heterocycles. The van der Waals surface area contributed by atoms with E-state index in [1.807, 2.05) is 17.8 Å². The van der Waals surface area contributed by atoms with Crippen LogP contribution in [0.5, 0.6) is 0 Å². The number of carbonyl (C=O) groups is 1. The van der Waals surface area contributed by atoms with Crippen LogP contribution in [-0.2, 0) is 18.4 Å². The summed E-state index contributed by atoms with van der Waals surface area (Å²) in [5.41, 5.74) is 1.03. The Hall–Kier alpha value is -1.58. The fourth-order valence-corrected chi connectivity index (χ4v) is 1.50. The van der Waals surface area contributed by atoms with Gasteiger partial charge in [0, 0.05) is 37.6 Å². The third-order valence-electron chi connectivity index (χ3n) is 2.37. The smallest absolute Gasteiger partial charge is 0.157 e. The highest BCUT2D eigenvalue weighted by atomic mass is 16.1. The first-order valence-corrected chi connectivity index (χ1v) is 4.69. The second-order valence-electron chi connectivity index (χ2n) is 3.44. The van der Waals surface area contributed by atoms with Crippen LogP contribution in [0.1, 0.15) is 18.7 Å². The van der Waals surface area contributed by atoms with Crippen molar-refractivity contribution in [2.75, 3.05) is 0 Å². The summed E-state index contributed by atoms with van der Waals surface area (Å²) < 4.78 is 1.96. The van der Waals surface area contributed by atoms with Crippen molar-refractivity contribution in [1.29, 1.82) is 0 Å². The minimum Gasteiger partial charge on any atom is -0.381 e. The summed E-state index contributed by atoms with van der Waals surface area (Å²) in [7, 11) is 1.96. The van der Waals surface area contributed by atoms with Gasteiger partial charge in [-0.25, -0.2) is 4.98 Å². The monoisotopic (exact) mass is 191 g/mol. The van der Waals surface area contributed by atoms with Crippen LogP contribution in [0.25, 0.3) is 0 Å². The first kappa shape index (κ1) is 8.99. The Balaban J connectivity index is 1.92. The van der Waals surface area contributed by atoms with Crippen LogP contribution in [0.4, 0.5) is 0 Å². The molecule has 1 aliphatic rings. The lowest BCUT2D eigenvalue weighted by molar-refractivity contribution is -0.114. The van der Waals surface area contributed by atoms with Gasteiger partial charge in [0.15, 0.2) is 5.78 Å². The van der Waals surface area contributed by atoms with Crippen LogP contribution in [0.3, 0.4) is 0 Å². The van der Waals surface area contributed by atoms with Crippen molar-refractivity contribution in [3.8, 4) is 0 Å². The van der Waals surface area contributed by atoms with Gasteiger partial charge in [0.1, 0.15) is 5.82 Å². The van der Waals surface area contributed by atoms with E-state index in [0.717, 1.165) is 17.9 Å². The number of nitrogens with one attached hydrogen (secondary N) is 1. The van der Waals surface area contributed by atoms with E-state index in [1.54, 1.807) is 12.3 Å². The number of hydrogen-bond donors (Lipinski definition) is 1. The molecule has 0 amide bonds. The van der Waals surface area contributed by atoms with Gasteiger partial charge in [0.2, 0.25) is 0 Å². The standard InChI is InChI=1S/C10H13N3O/c1-13-5-4-11-10(13)7-12-8-2-3-9(14)6-8/h4-6,12H,2-3,7H2,1H3. The van der Waals surface area contributed by atoms with E-state index in [9.17, 15) is 4.79 Å². The second-order valence-corrected chi connectivity index (χ2v) is 3.44. The Kier molecular flexibility index (Phi) is 2.35. The molecule has 14 heavy (non-hydrogen) atoms. The summed E-state index contributed by atoms with van der Waals surface area (Å²) in [5, 5.41) is 3.21. The molecule has 1 N–H and O–H groups in total. The molecule has 0 unspecified atom stereocenters. The molecule has 0 atom stereocenters. The molecule has 1 aliphatic carbocycles. The third-order valence-corrected chi connectivity index (χ3v) is 2.37. The maximum absolute atomic E-state index is 10.9. The lowest BCUT2D eigenvalue weighted by Gasteiger charge is -2.05. The minimum atomic E-state index is 0.215. The molecule has 0 spiro atoms. The van der Waals surface area contributed by atoms with E-state index in [-0.39, 0.29) is 5.78 Å². The van der Waals surface area contributed by atoms with E-state index in [0.29, 0.717) is 13.0 Å². The average Bonchev–Trinajstić information content (AvgIpc) is 2.72. The molecule has 0 fully saturated rings. The molecule has 0 saturated heterocycles. The number of hydrogen-bond acceptors (Lipinski definition) is 3. The van der Waals surface area contributed by atoms with Gasteiger partial charge >= 0.3 is 0 Å². The maximum Gasteiger partial charge on any atom is 0.157 e. The Labute approximate surface area is 82.6 Å². The molecule has 0 bridgehead atoms. The lowest BCUT2D eigenvalue weighted by atomic mass is 10.3. The van der Waals surface area contributed by atoms with Crippen molar-refractivity contribution in [1.82, 2.24) is 14.9 Å². The van der Waals surface area contributed by atoms with Crippen LogP contribution in [-0.4, -0.2) is 15.3 Å². The summed E-state index contributed by atoms with van der Waals surface area (Å²) in [6, 6.07) is 0. The first-order chi connectivity index (χ1) is 6.75. The average molecular weight is 191 g/mol. The topological polar surface area (TPSA) is 46.9 Å². The molecule has 74 valence electrons. The van der Waals surface area contributed by atoms with Gasteiger partial charge in [0.05, 0.1) is 6.54 Å². The predicted molar refractivity (Wildman–Crippen MR) is 52.4 cm³/mol. The van der Waals surface area contributed by atoms with Gasteiger partial charge in [-0.2, -0.15) is 0 Å². The van der Waals surface area contributed by atoms with E-state index < -0.39 is 0 Å². The number of aromatic nitrogens is 2. The van der Waals surface area contributed by atoms with Gasteiger partial charge in [0.25, 0.3) is 0 Å². The number of ketones is 1. The molecule has 0 saturated carbocycles. The van der Waals surface area contributed by atoms with Gasteiger partial charge in [-0.1, -0.05) is 0 Å². The number of imidazole rings is 1. The Bertz CT molecular complexity index is 378. The molecule has 0 aromatic carbocycles. The second kappa shape index (κ2) is 3.65. The van der Waals surface area contributed by atoms with E-state index >= 15 is 0 Å². The van der Waals surface area contributed by atoms with Crippen molar-refractivity contribution in [2.24, 2.45) is 7.05 Å². The number of aryl methyl sites for hydroxylation is 1. The SMILES string of the molecule is Cn1ccnc1CNC1=CC(=O)CC1. The summed E-state index contributed by atoms with van der Waals surface area (Å²) in [4.78, 5) is 15.1. The number of nitrogens with zero attached hydrogens (tertiary/aromatic N) is 2. The van der Waals surface area contributed by atoms with Gasteiger partial charge < -0.3 is 9.88 Å². The molecule has 4 nitrogen and oxygen atoms in total. The number of rotatable bonds is 3. The molecule has 0 radical (unpaired) electrons. The minimum absolute atomic E-state index is 0.215. The van der Waals surface area contributed by atoms with Crippen molar-refractivity contribution in [2.45, 2.75) is 19.4 Å². The molecule has 1 heterocycles. The number of allylic oxidation sites excluding steroid dienone is 2. The third kappa shape index (κ3) is 1.84. The van der Waals surface area contributed by atoms with Gasteiger partial charge in [-0.15, -0.1) is 0 Å². The summed E-state index contributed by atoms with van der Waals surface area (Å²) in [5.74, 6) is 1.19. The number of carbonyl (C=O) groups excluding carboxylic acids is 1. The summed E-state index contributed by atoms with van der Waals surface area (Å²) >= 11 is 0. The van der Waals surface area contributed by atoms with Crippen LogP contribution in [0, 0.1) is 0 Å². The highest BCUT2D eigenvalue weighted by Gasteiger charge is 2.11. The molecule has 1 aromatic heterocycles. The molecular weight excluding hydrogens is 178 g/mol. The molecule has 4 heteroatoms. The summed E-state index contributed by atoms with van der Waals surface area (Å²) in [6.07, 6.45) is 6.84. The molecule has 2 rings (SSSR count). The van der Waals surface area contributed by atoms with Crippen molar-refractivity contribution in [3.05, 3.63) is 30.0 Å². The van der Waals surface area contributed by atoms with E-state index in [2.05, 4.69) is 10.3 Å². The molecule has 1 aromatic rings. The Morgan fingerprint density at radius 2 is 2.43 bits per heavy atom. The highest BCUT2D eigenvalue weighted by molar-refractivity contribution is 5.92. The van der Waals surface area contributed by atoms with Crippen LogP contribution < -0.4 is 5.32 Å². The fourth-order valence-electron chi connectivity index (χ4n) is 1.50. The highest BCUT2D eigenvalue weighted by Crippen LogP contribution is 2.12. The van der Waals surface area contributed by atoms with Crippen LogP contribution >= 0.6 is 0 Å². The Morgan fingerprint density at radius 1 is 1.57 bits per heavy atom. The zero-order valence-corrected chi connectivity index (χ0v) is 8.16. The zero-order chi connectivity index (χ0) is 9.97. The zero-order valence-electron chi connectivity index (χ0n) is 8.16. The van der Waals surface area contributed by atoms with Gasteiger partial charge in [-0.3, -0.25) is 4.79 Å².